The van der Waals surface area contributed by atoms with Crippen LogP contribution in [0, 0.1) is 0 Å². The summed E-state index contributed by atoms with van der Waals surface area (Å²) in [6, 6.07) is 0.642. The second-order valence-electron chi connectivity index (χ2n) is 3.10. The van der Waals surface area contributed by atoms with E-state index < -0.39 is 0 Å². The third kappa shape index (κ3) is 3.19. The number of nitrogens with two attached hydrogens (primary N) is 1. The lowest BCUT2D eigenvalue weighted by Crippen LogP contribution is -2.26. The number of thiazole rings is 1. The maximum atomic E-state index is 5.67. The Hall–Kier alpha value is -0.610. The highest BCUT2D eigenvalue weighted by Gasteiger charge is 2.05. The van der Waals surface area contributed by atoms with Gasteiger partial charge in [0.1, 0.15) is 0 Å². The molecule has 0 bridgehead atoms. The van der Waals surface area contributed by atoms with Crippen molar-refractivity contribution < 1.29 is 0 Å². The van der Waals surface area contributed by atoms with Crippen molar-refractivity contribution in [2.75, 3.05) is 5.32 Å². The first-order valence-electron chi connectivity index (χ1n) is 4.10. The van der Waals surface area contributed by atoms with Crippen LogP contribution in [0.2, 0.25) is 0 Å². The van der Waals surface area contributed by atoms with Gasteiger partial charge in [-0.1, -0.05) is 0 Å². The standard InChI is InChI=1S/C8H15N3S/c1-6(9)5-7(2)11-8-10-3-4-12-8/h3-4,6-7H,5,9H2,1-2H3,(H,10,11). The van der Waals surface area contributed by atoms with Crippen molar-refractivity contribution in [2.24, 2.45) is 5.73 Å². The molecule has 0 spiro atoms. The van der Waals surface area contributed by atoms with Gasteiger partial charge in [0.2, 0.25) is 0 Å². The van der Waals surface area contributed by atoms with Crippen molar-refractivity contribution in [3.05, 3.63) is 11.6 Å². The summed E-state index contributed by atoms with van der Waals surface area (Å²) in [5, 5.41) is 6.21. The summed E-state index contributed by atoms with van der Waals surface area (Å²) in [6.45, 7) is 4.13. The van der Waals surface area contributed by atoms with E-state index in [1.807, 2.05) is 12.3 Å². The lowest BCUT2D eigenvalue weighted by molar-refractivity contribution is 0.604. The monoisotopic (exact) mass is 185 g/mol. The van der Waals surface area contributed by atoms with Gasteiger partial charge >= 0.3 is 0 Å². The van der Waals surface area contributed by atoms with Crippen molar-refractivity contribution in [2.45, 2.75) is 32.4 Å². The van der Waals surface area contributed by atoms with E-state index in [0.717, 1.165) is 11.6 Å². The Bertz CT molecular complexity index is 208. The van der Waals surface area contributed by atoms with E-state index in [0.29, 0.717) is 6.04 Å². The van der Waals surface area contributed by atoms with E-state index in [-0.39, 0.29) is 6.04 Å². The molecule has 68 valence electrons. The number of hydrogen-bond donors (Lipinski definition) is 2. The Morgan fingerprint density at radius 2 is 2.42 bits per heavy atom. The minimum absolute atomic E-state index is 0.243. The fourth-order valence-corrected chi connectivity index (χ4v) is 1.76. The summed E-state index contributed by atoms with van der Waals surface area (Å²) >= 11 is 1.62. The highest BCUT2D eigenvalue weighted by atomic mass is 32.1. The molecule has 1 rings (SSSR count). The first kappa shape index (κ1) is 9.48. The number of hydrogen-bond acceptors (Lipinski definition) is 4. The Balaban J connectivity index is 2.32. The van der Waals surface area contributed by atoms with Crippen LogP contribution in [0.15, 0.2) is 11.6 Å². The van der Waals surface area contributed by atoms with E-state index in [9.17, 15) is 0 Å². The predicted molar refractivity (Wildman–Crippen MR) is 53.5 cm³/mol. The molecule has 1 heterocycles. The molecular formula is C8H15N3S. The average Bonchev–Trinajstić information content (AvgIpc) is 2.37. The normalized spacial score (nSPS) is 15.6. The number of anilines is 1. The van der Waals surface area contributed by atoms with Crippen molar-refractivity contribution in [1.82, 2.24) is 4.98 Å². The van der Waals surface area contributed by atoms with Gasteiger partial charge in [-0.25, -0.2) is 4.98 Å². The first-order chi connectivity index (χ1) is 5.68. The second kappa shape index (κ2) is 4.42. The van der Waals surface area contributed by atoms with Gasteiger partial charge in [-0.2, -0.15) is 0 Å². The zero-order valence-electron chi connectivity index (χ0n) is 7.45. The predicted octanol–water partition coefficient (Wildman–Crippen LogP) is 1.68. The van der Waals surface area contributed by atoms with Gasteiger partial charge < -0.3 is 11.1 Å². The van der Waals surface area contributed by atoms with E-state index in [1.165, 1.54) is 0 Å². The Labute approximate surface area is 77.0 Å². The fraction of sp³-hybridized carbons (Fsp3) is 0.625. The molecule has 2 atom stereocenters. The summed E-state index contributed by atoms with van der Waals surface area (Å²) in [5.74, 6) is 0. The van der Waals surface area contributed by atoms with Gasteiger partial charge in [-0.15, -0.1) is 11.3 Å². The molecule has 3 N–H and O–H groups in total. The van der Waals surface area contributed by atoms with Gasteiger partial charge in [-0.05, 0) is 20.3 Å². The molecule has 0 saturated heterocycles. The molecule has 2 unspecified atom stereocenters. The number of rotatable bonds is 4. The third-order valence-corrected chi connectivity index (χ3v) is 2.23. The smallest absolute Gasteiger partial charge is 0.182 e. The summed E-state index contributed by atoms with van der Waals surface area (Å²) in [6.07, 6.45) is 2.77. The molecular weight excluding hydrogens is 170 g/mol. The van der Waals surface area contributed by atoms with Crippen LogP contribution in [0.25, 0.3) is 0 Å². The van der Waals surface area contributed by atoms with Crippen molar-refractivity contribution >= 4 is 16.5 Å². The summed E-state index contributed by atoms with van der Waals surface area (Å²) in [7, 11) is 0. The molecule has 1 aromatic heterocycles. The summed E-state index contributed by atoms with van der Waals surface area (Å²) < 4.78 is 0. The van der Waals surface area contributed by atoms with Gasteiger partial charge in [0.15, 0.2) is 5.13 Å². The van der Waals surface area contributed by atoms with E-state index >= 15 is 0 Å². The summed E-state index contributed by atoms with van der Waals surface area (Å²) in [4.78, 5) is 4.13. The highest BCUT2D eigenvalue weighted by molar-refractivity contribution is 7.13. The molecule has 0 aromatic carbocycles. The Morgan fingerprint density at radius 3 is 2.92 bits per heavy atom. The molecule has 0 aliphatic carbocycles. The quantitative estimate of drug-likeness (QED) is 0.750. The maximum Gasteiger partial charge on any atom is 0.182 e. The van der Waals surface area contributed by atoms with Crippen LogP contribution in [0.1, 0.15) is 20.3 Å². The minimum atomic E-state index is 0.243. The third-order valence-electron chi connectivity index (χ3n) is 1.53. The molecule has 3 nitrogen and oxygen atoms in total. The van der Waals surface area contributed by atoms with E-state index in [4.69, 9.17) is 5.73 Å². The molecule has 0 aliphatic rings. The van der Waals surface area contributed by atoms with Gasteiger partial charge in [0, 0.05) is 23.7 Å². The fourth-order valence-electron chi connectivity index (χ4n) is 1.12. The number of nitrogens with zero attached hydrogens (tertiary/aromatic N) is 1. The second-order valence-corrected chi connectivity index (χ2v) is 3.99. The van der Waals surface area contributed by atoms with E-state index in [2.05, 4.69) is 17.2 Å². The van der Waals surface area contributed by atoms with Crippen molar-refractivity contribution in [3.63, 3.8) is 0 Å². The van der Waals surface area contributed by atoms with Crippen LogP contribution in [-0.4, -0.2) is 17.1 Å². The maximum absolute atomic E-state index is 5.67. The minimum Gasteiger partial charge on any atom is -0.359 e. The average molecular weight is 185 g/mol. The number of nitrogens with one attached hydrogen (secondary N) is 1. The molecule has 0 amide bonds. The first-order valence-corrected chi connectivity index (χ1v) is 4.98. The SMILES string of the molecule is CC(N)CC(C)Nc1nccs1. The lowest BCUT2D eigenvalue weighted by atomic mass is 10.1. The van der Waals surface area contributed by atoms with Crippen LogP contribution < -0.4 is 11.1 Å². The van der Waals surface area contributed by atoms with E-state index in [1.54, 1.807) is 17.5 Å². The molecule has 12 heavy (non-hydrogen) atoms. The summed E-state index contributed by atoms with van der Waals surface area (Å²) in [5.41, 5.74) is 5.67. The highest BCUT2D eigenvalue weighted by Crippen LogP contribution is 2.12. The van der Waals surface area contributed by atoms with Crippen LogP contribution >= 0.6 is 11.3 Å². The molecule has 1 aromatic rings. The molecule has 0 aliphatic heterocycles. The molecule has 0 radical (unpaired) electrons. The van der Waals surface area contributed by atoms with Crippen LogP contribution in [-0.2, 0) is 0 Å². The zero-order valence-corrected chi connectivity index (χ0v) is 8.27. The molecule has 0 saturated carbocycles. The lowest BCUT2D eigenvalue weighted by Gasteiger charge is -2.14. The van der Waals surface area contributed by atoms with Gasteiger partial charge in [-0.3, -0.25) is 0 Å². The Morgan fingerprint density at radius 1 is 1.67 bits per heavy atom. The van der Waals surface area contributed by atoms with Crippen LogP contribution in [0.3, 0.4) is 0 Å². The molecule has 4 heteroatoms. The number of aromatic nitrogens is 1. The zero-order chi connectivity index (χ0) is 8.97. The van der Waals surface area contributed by atoms with Crippen LogP contribution in [0.5, 0.6) is 0 Å². The van der Waals surface area contributed by atoms with Crippen molar-refractivity contribution in [1.29, 1.82) is 0 Å². The molecule has 0 fully saturated rings. The van der Waals surface area contributed by atoms with Gasteiger partial charge in [0.25, 0.3) is 0 Å². The topological polar surface area (TPSA) is 50.9 Å². The van der Waals surface area contributed by atoms with Crippen LogP contribution in [0.4, 0.5) is 5.13 Å². The van der Waals surface area contributed by atoms with Gasteiger partial charge in [0.05, 0.1) is 0 Å². The Kier molecular flexibility index (Phi) is 3.49. The largest absolute Gasteiger partial charge is 0.359 e. The van der Waals surface area contributed by atoms with Crippen molar-refractivity contribution in [3.8, 4) is 0 Å².